The lowest BCUT2D eigenvalue weighted by molar-refractivity contribution is 0.432. The number of aromatic nitrogens is 5. The van der Waals surface area contributed by atoms with Gasteiger partial charge in [0.05, 0.1) is 29.0 Å². The van der Waals surface area contributed by atoms with Crippen molar-refractivity contribution in [1.29, 1.82) is 0 Å². The zero-order valence-corrected chi connectivity index (χ0v) is 20.3. The molecule has 4 heterocycles. The van der Waals surface area contributed by atoms with E-state index in [4.69, 9.17) is 15.5 Å². The average Bonchev–Trinajstić information content (AvgIpc) is 3.49. The smallest absolute Gasteiger partial charge is 0.326 e. The van der Waals surface area contributed by atoms with Crippen molar-refractivity contribution in [3.05, 3.63) is 36.2 Å². The molecular weight excluding hydrogens is 447 g/mol. The first-order chi connectivity index (χ1) is 16.7. The van der Waals surface area contributed by atoms with Gasteiger partial charge in [-0.25, -0.2) is 14.4 Å². The van der Waals surface area contributed by atoms with Gasteiger partial charge >= 0.3 is 6.01 Å². The van der Waals surface area contributed by atoms with E-state index >= 15 is 0 Å². The largest absolute Gasteiger partial charge is 0.421 e. The van der Waals surface area contributed by atoms with Gasteiger partial charge in [-0.2, -0.15) is 9.97 Å². The molecule has 2 fully saturated rings. The molecule has 6 rings (SSSR count). The fraction of sp³-hybridized carbons (Fsp3) is 0.440. The van der Waals surface area contributed by atoms with E-state index in [0.717, 1.165) is 47.3 Å². The van der Waals surface area contributed by atoms with Crippen molar-refractivity contribution in [3.63, 3.8) is 0 Å². The standard InChI is InChI=1S/C25H29FN8O/c1-25(2,3)23-29-9-15(10-30-23)35-24-32-21-19(16-6-13(26)7-18(28-4)20(16)31-21)22(33-24)34-11-12-5-14(34)8-17(12)27/h6-7,9-10,12,14,17,28H,5,8,11,27H2,1-4H3,(H,31,32,33). The van der Waals surface area contributed by atoms with Crippen molar-refractivity contribution in [2.45, 2.75) is 51.1 Å². The van der Waals surface area contributed by atoms with E-state index in [-0.39, 0.29) is 29.3 Å². The van der Waals surface area contributed by atoms with Crippen molar-refractivity contribution in [2.24, 2.45) is 11.7 Å². The Morgan fingerprint density at radius 3 is 2.57 bits per heavy atom. The highest BCUT2D eigenvalue weighted by Crippen LogP contribution is 2.44. The van der Waals surface area contributed by atoms with Gasteiger partial charge in [-0.05, 0) is 30.9 Å². The number of ether oxygens (including phenoxy) is 1. The highest BCUT2D eigenvalue weighted by atomic mass is 19.1. The summed E-state index contributed by atoms with van der Waals surface area (Å²) in [5, 5.41) is 4.58. The van der Waals surface area contributed by atoms with Crippen molar-refractivity contribution in [3.8, 4) is 11.8 Å². The van der Waals surface area contributed by atoms with Crippen LogP contribution in [0.1, 0.15) is 39.4 Å². The molecule has 0 spiro atoms. The van der Waals surface area contributed by atoms with Gasteiger partial charge in [-0.1, -0.05) is 20.8 Å². The number of nitrogens with zero attached hydrogens (tertiary/aromatic N) is 5. The predicted molar refractivity (Wildman–Crippen MR) is 134 cm³/mol. The maximum atomic E-state index is 14.5. The van der Waals surface area contributed by atoms with Gasteiger partial charge in [-0.3, -0.25) is 0 Å². The van der Waals surface area contributed by atoms with E-state index in [1.165, 1.54) is 12.1 Å². The molecule has 4 N–H and O–H groups in total. The maximum absolute atomic E-state index is 14.5. The molecule has 3 unspecified atom stereocenters. The van der Waals surface area contributed by atoms with Gasteiger partial charge in [0.25, 0.3) is 0 Å². The van der Waals surface area contributed by atoms with E-state index < -0.39 is 0 Å². The first-order valence-corrected chi connectivity index (χ1v) is 11.9. The van der Waals surface area contributed by atoms with Crippen LogP contribution in [0.2, 0.25) is 0 Å². The van der Waals surface area contributed by atoms with Gasteiger partial charge in [0.1, 0.15) is 23.1 Å². The van der Waals surface area contributed by atoms with E-state index in [1.54, 1.807) is 19.4 Å². The molecule has 1 aromatic carbocycles. The van der Waals surface area contributed by atoms with Crippen LogP contribution < -0.4 is 20.7 Å². The molecule has 3 aromatic heterocycles. The fourth-order valence-electron chi connectivity index (χ4n) is 5.39. The lowest BCUT2D eigenvalue weighted by atomic mass is 9.96. The number of fused-ring (bicyclic) bond motifs is 5. The van der Waals surface area contributed by atoms with E-state index in [9.17, 15) is 4.39 Å². The molecule has 9 nitrogen and oxygen atoms in total. The molecule has 10 heteroatoms. The van der Waals surface area contributed by atoms with Crippen LogP contribution in [-0.4, -0.2) is 50.6 Å². The molecule has 2 bridgehead atoms. The minimum absolute atomic E-state index is 0.165. The second kappa shape index (κ2) is 7.74. The Bertz CT molecular complexity index is 1430. The lowest BCUT2D eigenvalue weighted by Gasteiger charge is -2.31. The highest BCUT2D eigenvalue weighted by Gasteiger charge is 2.44. The van der Waals surface area contributed by atoms with E-state index in [0.29, 0.717) is 23.0 Å². The summed E-state index contributed by atoms with van der Waals surface area (Å²) in [6.07, 6.45) is 5.21. The fourth-order valence-corrected chi connectivity index (χ4v) is 5.39. The van der Waals surface area contributed by atoms with Gasteiger partial charge in [0.2, 0.25) is 0 Å². The lowest BCUT2D eigenvalue weighted by Crippen LogP contribution is -2.41. The maximum Gasteiger partial charge on any atom is 0.326 e. The van der Waals surface area contributed by atoms with Crippen molar-refractivity contribution < 1.29 is 9.13 Å². The third-order valence-electron chi connectivity index (χ3n) is 7.13. The quantitative estimate of drug-likeness (QED) is 0.403. The van der Waals surface area contributed by atoms with E-state index in [1.807, 2.05) is 0 Å². The van der Waals surface area contributed by atoms with Crippen molar-refractivity contribution >= 4 is 33.4 Å². The number of rotatable bonds is 4. The monoisotopic (exact) mass is 476 g/mol. The third kappa shape index (κ3) is 3.63. The summed E-state index contributed by atoms with van der Waals surface area (Å²) < 4.78 is 20.5. The summed E-state index contributed by atoms with van der Waals surface area (Å²) in [7, 11) is 1.77. The van der Waals surface area contributed by atoms with Crippen LogP contribution in [0.15, 0.2) is 24.5 Å². The molecule has 3 atom stereocenters. The number of halogens is 1. The number of nitrogens with one attached hydrogen (secondary N) is 2. The van der Waals surface area contributed by atoms with Crippen LogP contribution in [0.5, 0.6) is 11.8 Å². The summed E-state index contributed by atoms with van der Waals surface area (Å²) in [4.78, 5) is 24.0. The topological polar surface area (TPSA) is 118 Å². The molecule has 182 valence electrons. The second-order valence-corrected chi connectivity index (χ2v) is 10.6. The Morgan fingerprint density at radius 1 is 1.17 bits per heavy atom. The van der Waals surface area contributed by atoms with Gasteiger partial charge in [0, 0.05) is 36.5 Å². The van der Waals surface area contributed by atoms with Crippen LogP contribution in [0.3, 0.4) is 0 Å². The minimum Gasteiger partial charge on any atom is -0.421 e. The number of H-pyrrole nitrogens is 1. The Hall–Kier alpha value is -3.53. The van der Waals surface area contributed by atoms with E-state index in [2.05, 4.69) is 50.9 Å². The van der Waals surface area contributed by atoms with Crippen molar-refractivity contribution in [1.82, 2.24) is 24.9 Å². The van der Waals surface area contributed by atoms with Crippen molar-refractivity contribution in [2.75, 3.05) is 23.8 Å². The second-order valence-electron chi connectivity index (χ2n) is 10.6. The molecule has 4 aromatic rings. The highest BCUT2D eigenvalue weighted by molar-refractivity contribution is 6.14. The third-order valence-corrected chi connectivity index (χ3v) is 7.13. The molecular formula is C25H29FN8O. The first kappa shape index (κ1) is 22.0. The molecule has 35 heavy (non-hydrogen) atoms. The van der Waals surface area contributed by atoms with Crippen LogP contribution in [0, 0.1) is 11.7 Å². The average molecular weight is 477 g/mol. The molecule has 2 aliphatic rings. The number of benzene rings is 1. The summed E-state index contributed by atoms with van der Waals surface area (Å²) in [6, 6.07) is 3.68. The number of nitrogens with two attached hydrogens (primary N) is 1. The summed E-state index contributed by atoms with van der Waals surface area (Å²) in [5.41, 5.74) is 8.16. The van der Waals surface area contributed by atoms with Crippen LogP contribution in [0.25, 0.3) is 21.9 Å². The van der Waals surface area contributed by atoms with Gasteiger partial charge in [-0.15, -0.1) is 0 Å². The zero-order chi connectivity index (χ0) is 24.5. The summed E-state index contributed by atoms with van der Waals surface area (Å²) in [5.74, 6) is 2.00. The molecule has 0 amide bonds. The van der Waals surface area contributed by atoms with Crippen LogP contribution in [0.4, 0.5) is 15.9 Å². The van der Waals surface area contributed by atoms with Gasteiger partial charge in [0.15, 0.2) is 5.75 Å². The first-order valence-electron chi connectivity index (χ1n) is 11.9. The molecule has 1 aliphatic carbocycles. The number of aromatic amines is 1. The normalized spacial score (nSPS) is 21.9. The summed E-state index contributed by atoms with van der Waals surface area (Å²) in [6.45, 7) is 6.97. The number of anilines is 2. The Balaban J connectivity index is 1.48. The van der Waals surface area contributed by atoms with Gasteiger partial charge < -0.3 is 25.7 Å². The number of hydrogen-bond donors (Lipinski definition) is 3. The minimum atomic E-state index is -0.324. The number of hydrogen-bond acceptors (Lipinski definition) is 8. The Morgan fingerprint density at radius 2 is 1.94 bits per heavy atom. The molecule has 1 saturated heterocycles. The Kier molecular flexibility index (Phi) is 4.86. The molecule has 1 saturated carbocycles. The molecule has 1 aliphatic heterocycles. The molecule has 0 radical (unpaired) electrons. The zero-order valence-electron chi connectivity index (χ0n) is 20.3. The SMILES string of the molecule is CNc1cc(F)cc2c1[nH]c1nc(Oc3cnc(C(C)(C)C)nc3)nc(N3CC4CC3CC4N)c12. The van der Waals surface area contributed by atoms with Crippen LogP contribution >= 0.6 is 0 Å². The van der Waals surface area contributed by atoms with Crippen LogP contribution in [-0.2, 0) is 5.41 Å². The summed E-state index contributed by atoms with van der Waals surface area (Å²) >= 11 is 0. The predicted octanol–water partition coefficient (Wildman–Crippen LogP) is 4.10. The number of piperidine rings is 1. The Labute approximate surface area is 202 Å².